The van der Waals surface area contributed by atoms with Crippen LogP contribution in [0.25, 0.3) is 0 Å². The molecular weight excluding hydrogens is 244 g/mol. The van der Waals surface area contributed by atoms with Crippen LogP contribution in [0, 0.1) is 0 Å². The third-order valence-electron chi connectivity index (χ3n) is 2.87. The van der Waals surface area contributed by atoms with Crippen LogP contribution in [-0.2, 0) is 4.43 Å². The van der Waals surface area contributed by atoms with Crippen LogP contribution in [0.5, 0.6) is 0 Å². The van der Waals surface area contributed by atoms with Gasteiger partial charge in [-0.25, -0.2) is 0 Å². The van der Waals surface area contributed by atoms with Gasteiger partial charge in [-0.2, -0.15) is 0 Å². The molecule has 0 aliphatic carbocycles. The maximum atomic E-state index is 6.10. The predicted molar refractivity (Wildman–Crippen MR) is 66.2 cm³/mol. The van der Waals surface area contributed by atoms with Crippen LogP contribution < -0.4 is 0 Å². The number of halogens is 1. The number of unbranched alkanes of at least 4 members (excludes halogenated alkanes) is 1. The van der Waals surface area contributed by atoms with Gasteiger partial charge in [-0.3, -0.25) is 0 Å². The Labute approximate surface area is 92.5 Å². The summed E-state index contributed by atoms with van der Waals surface area (Å²) in [7, 11) is -1.28. The number of alkyl halides is 1. The summed E-state index contributed by atoms with van der Waals surface area (Å²) in [5.41, 5.74) is 0. The van der Waals surface area contributed by atoms with Gasteiger partial charge in [0.2, 0.25) is 0 Å². The average molecular weight is 267 g/mol. The number of hydrogen-bond acceptors (Lipinski definition) is 1. The monoisotopic (exact) mass is 266 g/mol. The quantitative estimate of drug-likeness (QED) is 0.364. The molecule has 0 radical (unpaired) electrons. The van der Waals surface area contributed by atoms with Crippen molar-refractivity contribution in [1.29, 1.82) is 0 Å². The second kappa shape index (κ2) is 8.01. The average Bonchev–Trinajstić information content (AvgIpc) is 2.20. The second-order valence-electron chi connectivity index (χ2n) is 3.49. The molecule has 0 fully saturated rings. The molecule has 0 N–H and O–H groups in total. The second-order valence-corrected chi connectivity index (χ2v) is 9.06. The van der Waals surface area contributed by atoms with Gasteiger partial charge < -0.3 is 4.43 Å². The van der Waals surface area contributed by atoms with E-state index in [1.165, 1.54) is 31.0 Å². The normalized spacial score (nSPS) is 12.0. The van der Waals surface area contributed by atoms with Crippen molar-refractivity contribution in [3.05, 3.63) is 0 Å². The Hall–Kier alpha value is 0.657. The van der Waals surface area contributed by atoms with E-state index in [4.69, 9.17) is 4.43 Å². The predicted octanol–water partition coefficient (Wildman–Crippen LogP) is 4.18. The lowest BCUT2D eigenvalue weighted by Crippen LogP contribution is -2.36. The van der Waals surface area contributed by atoms with Gasteiger partial charge in [0.05, 0.1) is 0 Å². The van der Waals surface area contributed by atoms with Gasteiger partial charge in [0, 0.05) is 11.9 Å². The highest BCUT2D eigenvalue weighted by Gasteiger charge is 2.27. The molecule has 13 heavy (non-hydrogen) atoms. The van der Waals surface area contributed by atoms with Gasteiger partial charge in [-0.05, 0) is 31.0 Å². The Morgan fingerprint density at radius 3 is 1.92 bits per heavy atom. The number of rotatable bonds is 8. The first kappa shape index (κ1) is 13.7. The Bertz CT molecular complexity index is 107. The van der Waals surface area contributed by atoms with E-state index in [-0.39, 0.29) is 0 Å². The van der Waals surface area contributed by atoms with Gasteiger partial charge in [0.1, 0.15) is 0 Å². The van der Waals surface area contributed by atoms with Gasteiger partial charge >= 0.3 is 0 Å². The highest BCUT2D eigenvalue weighted by molar-refractivity contribution is 9.09. The van der Waals surface area contributed by atoms with E-state index in [9.17, 15) is 0 Å². The fourth-order valence-corrected chi connectivity index (χ4v) is 4.63. The minimum absolute atomic E-state index is 0.980. The summed E-state index contributed by atoms with van der Waals surface area (Å²) in [6.45, 7) is 7.82. The number of hydrogen-bond donors (Lipinski definition) is 0. The molecule has 0 aliphatic rings. The molecule has 80 valence electrons. The van der Waals surface area contributed by atoms with Gasteiger partial charge in [0.25, 0.3) is 0 Å². The standard InChI is InChI=1S/C10H23BrOSi/c1-4-13(5-2,6-3)12-10-8-7-9-11/h4-10H2,1-3H3. The first-order chi connectivity index (χ1) is 6.24. The Balaban J connectivity index is 3.68. The smallest absolute Gasteiger partial charge is 0.191 e. The van der Waals surface area contributed by atoms with E-state index in [0.29, 0.717) is 0 Å². The summed E-state index contributed by atoms with van der Waals surface area (Å²) in [4.78, 5) is 0. The van der Waals surface area contributed by atoms with Crippen molar-refractivity contribution in [3.8, 4) is 0 Å². The van der Waals surface area contributed by atoms with Crippen LogP contribution in [0.2, 0.25) is 18.1 Å². The first-order valence-corrected chi connectivity index (χ1v) is 9.09. The molecule has 3 heteroatoms. The Morgan fingerprint density at radius 2 is 1.54 bits per heavy atom. The highest BCUT2D eigenvalue weighted by Crippen LogP contribution is 2.21. The molecule has 0 aromatic heterocycles. The minimum Gasteiger partial charge on any atom is -0.417 e. The van der Waals surface area contributed by atoms with Crippen LogP contribution in [0.1, 0.15) is 33.6 Å². The highest BCUT2D eigenvalue weighted by atomic mass is 79.9. The Morgan fingerprint density at radius 1 is 1.00 bits per heavy atom. The van der Waals surface area contributed by atoms with Crippen molar-refractivity contribution in [1.82, 2.24) is 0 Å². The molecule has 0 aromatic rings. The lowest BCUT2D eigenvalue weighted by molar-refractivity contribution is 0.292. The summed E-state index contributed by atoms with van der Waals surface area (Å²) in [5.74, 6) is 0. The molecule has 0 saturated carbocycles. The van der Waals surface area contributed by atoms with Crippen molar-refractivity contribution in [2.45, 2.75) is 51.7 Å². The molecule has 0 rings (SSSR count). The van der Waals surface area contributed by atoms with Crippen LogP contribution in [-0.4, -0.2) is 20.3 Å². The van der Waals surface area contributed by atoms with Crippen molar-refractivity contribution < 1.29 is 4.43 Å². The molecular formula is C10H23BrOSi. The maximum Gasteiger partial charge on any atom is 0.191 e. The molecule has 0 spiro atoms. The molecule has 0 amide bonds. The molecule has 0 aliphatic heterocycles. The van der Waals surface area contributed by atoms with Gasteiger partial charge in [-0.1, -0.05) is 36.7 Å². The summed E-state index contributed by atoms with van der Waals surface area (Å²) in [6.07, 6.45) is 2.45. The van der Waals surface area contributed by atoms with E-state index in [2.05, 4.69) is 36.7 Å². The lowest BCUT2D eigenvalue weighted by atomic mass is 10.4. The van der Waals surface area contributed by atoms with Gasteiger partial charge in [-0.15, -0.1) is 0 Å². The summed E-state index contributed by atoms with van der Waals surface area (Å²) < 4.78 is 6.10. The summed E-state index contributed by atoms with van der Waals surface area (Å²) in [6, 6.07) is 3.82. The van der Waals surface area contributed by atoms with E-state index < -0.39 is 8.32 Å². The van der Waals surface area contributed by atoms with Crippen LogP contribution in [0.4, 0.5) is 0 Å². The minimum atomic E-state index is -1.28. The zero-order valence-electron chi connectivity index (χ0n) is 9.24. The van der Waals surface area contributed by atoms with E-state index >= 15 is 0 Å². The molecule has 0 atom stereocenters. The van der Waals surface area contributed by atoms with Gasteiger partial charge in [0.15, 0.2) is 8.32 Å². The third kappa shape index (κ3) is 5.18. The lowest BCUT2D eigenvalue weighted by Gasteiger charge is -2.27. The zero-order valence-corrected chi connectivity index (χ0v) is 11.8. The topological polar surface area (TPSA) is 9.23 Å². The van der Waals surface area contributed by atoms with E-state index in [1.807, 2.05) is 0 Å². The summed E-state index contributed by atoms with van der Waals surface area (Å²) >= 11 is 3.44. The van der Waals surface area contributed by atoms with Crippen LogP contribution in [0.15, 0.2) is 0 Å². The molecule has 0 heterocycles. The zero-order chi connectivity index (χ0) is 10.2. The van der Waals surface area contributed by atoms with E-state index in [1.54, 1.807) is 0 Å². The van der Waals surface area contributed by atoms with Crippen LogP contribution >= 0.6 is 15.9 Å². The molecule has 0 saturated heterocycles. The van der Waals surface area contributed by atoms with Crippen molar-refractivity contribution in [2.24, 2.45) is 0 Å². The molecule has 0 aromatic carbocycles. The van der Waals surface area contributed by atoms with Crippen molar-refractivity contribution >= 4 is 24.2 Å². The molecule has 0 bridgehead atoms. The first-order valence-electron chi connectivity index (χ1n) is 5.44. The largest absolute Gasteiger partial charge is 0.417 e. The van der Waals surface area contributed by atoms with Crippen molar-refractivity contribution in [3.63, 3.8) is 0 Å². The third-order valence-corrected chi connectivity index (χ3v) is 8.11. The van der Waals surface area contributed by atoms with Crippen LogP contribution in [0.3, 0.4) is 0 Å². The summed E-state index contributed by atoms with van der Waals surface area (Å²) in [5, 5.41) is 1.11. The van der Waals surface area contributed by atoms with Crippen molar-refractivity contribution in [2.75, 3.05) is 11.9 Å². The SMILES string of the molecule is CC[Si](CC)(CC)OCCCCBr. The molecule has 1 nitrogen and oxygen atoms in total. The Kier molecular flexibility index (Phi) is 8.41. The molecule has 0 unspecified atom stereocenters. The fraction of sp³-hybridized carbons (Fsp3) is 1.00. The fourth-order valence-electron chi connectivity index (χ4n) is 1.54. The van der Waals surface area contributed by atoms with E-state index in [0.717, 1.165) is 11.9 Å². The maximum absolute atomic E-state index is 6.10.